The highest BCUT2D eigenvalue weighted by molar-refractivity contribution is 9.10. The maximum Gasteiger partial charge on any atom is 0.162 e. The van der Waals surface area contributed by atoms with Gasteiger partial charge >= 0.3 is 0 Å². The van der Waals surface area contributed by atoms with Crippen LogP contribution in [0.3, 0.4) is 0 Å². The highest BCUT2D eigenvalue weighted by atomic mass is 79.9. The molecule has 0 aliphatic rings. The minimum absolute atomic E-state index is 0.493. The number of hydrogen-bond donors (Lipinski definition) is 1. The third-order valence-corrected chi connectivity index (χ3v) is 3.82. The van der Waals surface area contributed by atoms with Crippen LogP contribution in [-0.2, 0) is 12.8 Å². The molecule has 100 valence electrons. The van der Waals surface area contributed by atoms with E-state index >= 15 is 0 Å². The van der Waals surface area contributed by atoms with Crippen molar-refractivity contribution in [3.63, 3.8) is 0 Å². The van der Waals surface area contributed by atoms with Crippen molar-refractivity contribution in [2.75, 3.05) is 5.73 Å². The molecular formula is C14H17BrN4. The Morgan fingerprint density at radius 2 is 2.05 bits per heavy atom. The molecule has 5 heteroatoms. The number of hydrogen-bond acceptors (Lipinski definition) is 4. The van der Waals surface area contributed by atoms with Gasteiger partial charge < -0.3 is 5.73 Å². The van der Waals surface area contributed by atoms with Crippen LogP contribution in [0.2, 0.25) is 0 Å². The van der Waals surface area contributed by atoms with Gasteiger partial charge in [0.1, 0.15) is 5.82 Å². The number of anilines is 1. The van der Waals surface area contributed by atoms with E-state index in [1.807, 2.05) is 12.3 Å². The van der Waals surface area contributed by atoms with Crippen LogP contribution in [0.1, 0.15) is 31.5 Å². The lowest BCUT2D eigenvalue weighted by atomic mass is 10.1. The molecule has 0 atom stereocenters. The first-order valence-corrected chi connectivity index (χ1v) is 7.21. The molecule has 2 N–H and O–H groups in total. The quantitative estimate of drug-likeness (QED) is 0.937. The summed E-state index contributed by atoms with van der Waals surface area (Å²) in [5.74, 6) is 1.18. The number of halogens is 1. The number of aryl methyl sites for hydroxylation is 2. The van der Waals surface area contributed by atoms with Gasteiger partial charge in [-0.3, -0.25) is 4.98 Å². The van der Waals surface area contributed by atoms with Gasteiger partial charge in [-0.25, -0.2) is 9.97 Å². The van der Waals surface area contributed by atoms with E-state index in [0.717, 1.165) is 40.6 Å². The van der Waals surface area contributed by atoms with E-state index in [1.165, 1.54) is 0 Å². The van der Waals surface area contributed by atoms with Crippen LogP contribution < -0.4 is 5.73 Å². The summed E-state index contributed by atoms with van der Waals surface area (Å²) in [6.45, 7) is 4.21. The van der Waals surface area contributed by atoms with E-state index in [2.05, 4.69) is 44.7 Å². The van der Waals surface area contributed by atoms with Crippen molar-refractivity contribution in [2.24, 2.45) is 0 Å². The number of nitrogens with two attached hydrogens (primary N) is 1. The minimum atomic E-state index is 0.493. The zero-order chi connectivity index (χ0) is 13.8. The maximum atomic E-state index is 5.97. The lowest BCUT2D eigenvalue weighted by Crippen LogP contribution is -2.04. The number of aromatic nitrogens is 3. The zero-order valence-electron chi connectivity index (χ0n) is 11.2. The number of pyridine rings is 1. The average molecular weight is 321 g/mol. The Bertz CT molecular complexity index is 584. The normalized spacial score (nSPS) is 10.7. The second-order valence-corrected chi connectivity index (χ2v) is 5.12. The minimum Gasteiger partial charge on any atom is -0.383 e. The van der Waals surface area contributed by atoms with Crippen LogP contribution in [0, 0.1) is 0 Å². The van der Waals surface area contributed by atoms with Gasteiger partial charge in [0.05, 0.1) is 10.2 Å². The predicted molar refractivity (Wildman–Crippen MR) is 80.7 cm³/mol. The number of nitrogen functional groups attached to an aromatic ring is 1. The Morgan fingerprint density at radius 3 is 2.74 bits per heavy atom. The largest absolute Gasteiger partial charge is 0.383 e. The summed E-state index contributed by atoms with van der Waals surface area (Å²) >= 11 is 3.46. The van der Waals surface area contributed by atoms with Gasteiger partial charge in [0.25, 0.3) is 0 Å². The molecule has 2 rings (SSSR count). The lowest BCUT2D eigenvalue weighted by Gasteiger charge is -2.10. The van der Waals surface area contributed by atoms with E-state index in [0.29, 0.717) is 11.6 Å². The number of nitrogens with zero attached hydrogens (tertiary/aromatic N) is 3. The fourth-order valence-corrected chi connectivity index (χ4v) is 2.34. The first-order valence-electron chi connectivity index (χ1n) is 6.42. The third-order valence-electron chi connectivity index (χ3n) is 2.96. The molecular weight excluding hydrogens is 304 g/mol. The Morgan fingerprint density at radius 1 is 1.26 bits per heavy atom. The molecule has 2 heterocycles. The van der Waals surface area contributed by atoms with Crippen molar-refractivity contribution in [3.05, 3.63) is 34.2 Å². The first-order chi connectivity index (χ1) is 9.17. The summed E-state index contributed by atoms with van der Waals surface area (Å²) in [6.07, 6.45) is 6.41. The number of rotatable bonds is 4. The van der Waals surface area contributed by atoms with Crippen LogP contribution >= 0.6 is 15.9 Å². The molecule has 0 aliphatic heterocycles. The monoisotopic (exact) mass is 320 g/mol. The molecule has 0 bridgehead atoms. The van der Waals surface area contributed by atoms with Crippen molar-refractivity contribution in [3.8, 4) is 11.4 Å². The fourth-order valence-electron chi connectivity index (χ4n) is 1.96. The molecule has 0 saturated carbocycles. The molecule has 0 amide bonds. The Balaban J connectivity index is 2.56. The highest BCUT2D eigenvalue weighted by Crippen LogP contribution is 2.27. The first kappa shape index (κ1) is 13.9. The molecule has 2 aromatic rings. The predicted octanol–water partition coefficient (Wildman–Crippen LogP) is 3.40. The van der Waals surface area contributed by atoms with E-state index in [4.69, 9.17) is 5.73 Å². The van der Waals surface area contributed by atoms with Gasteiger partial charge in [0, 0.05) is 18.0 Å². The van der Waals surface area contributed by atoms with Crippen LogP contribution in [0.15, 0.2) is 22.9 Å². The van der Waals surface area contributed by atoms with Gasteiger partial charge in [-0.05, 0) is 40.4 Å². The molecule has 0 spiro atoms. The van der Waals surface area contributed by atoms with Crippen LogP contribution in [0.4, 0.5) is 5.82 Å². The Hall–Kier alpha value is -1.49. The van der Waals surface area contributed by atoms with Gasteiger partial charge in [0.15, 0.2) is 5.82 Å². The van der Waals surface area contributed by atoms with Gasteiger partial charge in [-0.2, -0.15) is 0 Å². The van der Waals surface area contributed by atoms with Crippen LogP contribution in [0.25, 0.3) is 11.4 Å². The van der Waals surface area contributed by atoms with Gasteiger partial charge in [-0.15, -0.1) is 0 Å². The van der Waals surface area contributed by atoms with Gasteiger partial charge in [-0.1, -0.05) is 20.3 Å². The van der Waals surface area contributed by atoms with Crippen molar-refractivity contribution < 1.29 is 0 Å². The SMILES string of the molecule is CCCc1nc(-c2ccncc2CC)nc(N)c1Br. The summed E-state index contributed by atoms with van der Waals surface area (Å²) in [4.78, 5) is 13.2. The molecule has 0 aliphatic carbocycles. The Kier molecular flexibility index (Phi) is 4.47. The second-order valence-electron chi connectivity index (χ2n) is 4.33. The third kappa shape index (κ3) is 2.92. The summed E-state index contributed by atoms with van der Waals surface area (Å²) < 4.78 is 0.810. The van der Waals surface area contributed by atoms with Crippen LogP contribution in [-0.4, -0.2) is 15.0 Å². The molecule has 0 fully saturated rings. The van der Waals surface area contributed by atoms with E-state index in [1.54, 1.807) is 6.20 Å². The van der Waals surface area contributed by atoms with E-state index in [-0.39, 0.29) is 0 Å². The molecule has 0 radical (unpaired) electrons. The molecule has 4 nitrogen and oxygen atoms in total. The highest BCUT2D eigenvalue weighted by Gasteiger charge is 2.13. The maximum absolute atomic E-state index is 5.97. The average Bonchev–Trinajstić information content (AvgIpc) is 2.43. The summed E-state index contributed by atoms with van der Waals surface area (Å²) in [6, 6.07) is 1.94. The second kappa shape index (κ2) is 6.10. The standard InChI is InChI=1S/C14H17BrN4/c1-3-5-11-12(15)13(16)19-14(18-11)10-6-7-17-8-9(10)4-2/h6-8H,3-5H2,1-2H3,(H2,16,18,19). The van der Waals surface area contributed by atoms with Crippen molar-refractivity contribution in [2.45, 2.75) is 33.1 Å². The van der Waals surface area contributed by atoms with Gasteiger partial charge in [0.2, 0.25) is 0 Å². The van der Waals surface area contributed by atoms with Crippen LogP contribution in [0.5, 0.6) is 0 Å². The van der Waals surface area contributed by atoms with E-state index < -0.39 is 0 Å². The van der Waals surface area contributed by atoms with Crippen molar-refractivity contribution >= 4 is 21.7 Å². The zero-order valence-corrected chi connectivity index (χ0v) is 12.7. The topological polar surface area (TPSA) is 64.7 Å². The fraction of sp³-hybridized carbons (Fsp3) is 0.357. The molecule has 2 aromatic heterocycles. The summed E-state index contributed by atoms with van der Waals surface area (Å²) in [5.41, 5.74) is 9.07. The molecule has 0 saturated heterocycles. The van der Waals surface area contributed by atoms with Crippen molar-refractivity contribution in [1.29, 1.82) is 0 Å². The van der Waals surface area contributed by atoms with Crippen molar-refractivity contribution in [1.82, 2.24) is 15.0 Å². The van der Waals surface area contributed by atoms with E-state index in [9.17, 15) is 0 Å². The molecule has 0 unspecified atom stereocenters. The lowest BCUT2D eigenvalue weighted by molar-refractivity contribution is 0.869. The molecule has 0 aromatic carbocycles. The summed E-state index contributed by atoms with van der Waals surface area (Å²) in [5, 5.41) is 0. The summed E-state index contributed by atoms with van der Waals surface area (Å²) in [7, 11) is 0. The smallest absolute Gasteiger partial charge is 0.162 e. The Labute approximate surface area is 121 Å². The molecule has 19 heavy (non-hydrogen) atoms.